The molecule has 0 saturated carbocycles. The lowest BCUT2D eigenvalue weighted by Gasteiger charge is -2.13. The van der Waals surface area contributed by atoms with Crippen molar-refractivity contribution in [3.05, 3.63) is 54.1 Å². The van der Waals surface area contributed by atoms with Crippen molar-refractivity contribution < 1.29 is 14.3 Å². The van der Waals surface area contributed by atoms with Gasteiger partial charge in [0.25, 0.3) is 5.91 Å². The molecule has 0 aliphatic heterocycles. The van der Waals surface area contributed by atoms with Gasteiger partial charge in [-0.1, -0.05) is 0 Å². The van der Waals surface area contributed by atoms with Crippen LogP contribution < -0.4 is 20.2 Å². The van der Waals surface area contributed by atoms with E-state index in [4.69, 9.17) is 9.47 Å². The van der Waals surface area contributed by atoms with Crippen LogP contribution in [0.1, 0.15) is 12.5 Å². The minimum absolute atomic E-state index is 0.226. The van der Waals surface area contributed by atoms with Gasteiger partial charge in [0.05, 0.1) is 20.4 Å². The smallest absolute Gasteiger partial charge is 0.262 e. The van der Waals surface area contributed by atoms with Gasteiger partial charge in [0.15, 0.2) is 0 Å². The second-order valence-electron chi connectivity index (χ2n) is 5.10. The minimum atomic E-state index is -0.425. The van der Waals surface area contributed by atoms with Crippen molar-refractivity contribution >= 4 is 17.8 Å². The van der Waals surface area contributed by atoms with Gasteiger partial charge in [-0.15, -0.1) is 0 Å². The summed E-state index contributed by atoms with van der Waals surface area (Å²) in [6.07, 6.45) is 1.58. The van der Waals surface area contributed by atoms with Crippen LogP contribution in [0.2, 0.25) is 0 Å². The molecule has 0 unspecified atom stereocenters. The first-order valence-electron chi connectivity index (χ1n) is 7.50. The van der Waals surface area contributed by atoms with Gasteiger partial charge in [0.2, 0.25) is 0 Å². The Hall–Kier alpha value is -3.02. The Morgan fingerprint density at radius 1 is 1.00 bits per heavy atom. The van der Waals surface area contributed by atoms with Crippen molar-refractivity contribution in [3.63, 3.8) is 0 Å². The van der Waals surface area contributed by atoms with Crippen molar-refractivity contribution in [2.24, 2.45) is 5.10 Å². The summed E-state index contributed by atoms with van der Waals surface area (Å²) in [5.74, 6) is 1.31. The van der Waals surface area contributed by atoms with E-state index in [-0.39, 0.29) is 5.91 Å². The van der Waals surface area contributed by atoms with E-state index in [1.54, 1.807) is 27.4 Å². The Morgan fingerprint density at radius 2 is 1.54 bits per heavy atom. The standard InChI is InChI=1S/C18H21N3O3/c1-13(20-15-6-10-17(24-3)11-7-15)18(22)21-19-12-14-4-8-16(23-2)9-5-14/h4-13,20H,1-3H3,(H,21,22)/t13-/m0/s1. The maximum absolute atomic E-state index is 12.0. The topological polar surface area (TPSA) is 72.0 Å². The molecule has 0 fully saturated rings. The zero-order chi connectivity index (χ0) is 17.4. The van der Waals surface area contributed by atoms with Crippen LogP contribution in [0.25, 0.3) is 0 Å². The average molecular weight is 327 g/mol. The molecule has 6 heteroatoms. The number of carbonyl (C=O) groups excluding carboxylic acids is 1. The lowest BCUT2D eigenvalue weighted by molar-refractivity contribution is -0.121. The number of nitrogens with zero attached hydrogens (tertiary/aromatic N) is 1. The van der Waals surface area contributed by atoms with Crippen molar-refractivity contribution in [2.75, 3.05) is 19.5 Å². The van der Waals surface area contributed by atoms with E-state index in [0.717, 1.165) is 22.7 Å². The number of hydrogen-bond acceptors (Lipinski definition) is 5. The van der Waals surface area contributed by atoms with Gasteiger partial charge < -0.3 is 14.8 Å². The number of rotatable bonds is 7. The van der Waals surface area contributed by atoms with Gasteiger partial charge >= 0.3 is 0 Å². The molecule has 0 aliphatic carbocycles. The van der Waals surface area contributed by atoms with Crippen LogP contribution in [0, 0.1) is 0 Å². The first kappa shape index (κ1) is 17.3. The minimum Gasteiger partial charge on any atom is -0.497 e. The summed E-state index contributed by atoms with van der Waals surface area (Å²) >= 11 is 0. The summed E-state index contributed by atoms with van der Waals surface area (Å²) < 4.78 is 10.2. The van der Waals surface area contributed by atoms with Crippen LogP contribution in [0.3, 0.4) is 0 Å². The molecular weight excluding hydrogens is 306 g/mol. The molecule has 24 heavy (non-hydrogen) atoms. The summed E-state index contributed by atoms with van der Waals surface area (Å²) in [6.45, 7) is 1.77. The summed E-state index contributed by atoms with van der Waals surface area (Å²) in [4.78, 5) is 12.0. The van der Waals surface area contributed by atoms with E-state index in [9.17, 15) is 4.79 Å². The van der Waals surface area contributed by atoms with Crippen LogP contribution in [-0.4, -0.2) is 32.4 Å². The van der Waals surface area contributed by atoms with Crippen molar-refractivity contribution in [1.82, 2.24) is 5.43 Å². The van der Waals surface area contributed by atoms with E-state index in [1.165, 1.54) is 0 Å². The molecule has 2 aromatic rings. The van der Waals surface area contributed by atoms with Crippen LogP contribution in [-0.2, 0) is 4.79 Å². The molecule has 1 atom stereocenters. The first-order chi connectivity index (χ1) is 11.6. The third-order valence-corrected chi connectivity index (χ3v) is 3.37. The zero-order valence-electron chi connectivity index (χ0n) is 13.9. The lowest BCUT2D eigenvalue weighted by Crippen LogP contribution is -2.34. The number of ether oxygens (including phenoxy) is 2. The van der Waals surface area contributed by atoms with E-state index in [1.807, 2.05) is 48.5 Å². The highest BCUT2D eigenvalue weighted by Crippen LogP contribution is 2.15. The fourth-order valence-corrected chi connectivity index (χ4v) is 1.96. The summed E-state index contributed by atoms with van der Waals surface area (Å²) in [5, 5.41) is 7.06. The van der Waals surface area contributed by atoms with Crippen LogP contribution in [0.15, 0.2) is 53.6 Å². The van der Waals surface area contributed by atoms with Gasteiger partial charge in [0.1, 0.15) is 17.5 Å². The number of methoxy groups -OCH3 is 2. The predicted octanol–water partition coefficient (Wildman–Crippen LogP) is 2.65. The molecule has 0 radical (unpaired) electrons. The zero-order valence-corrected chi connectivity index (χ0v) is 13.9. The second kappa shape index (κ2) is 8.57. The highest BCUT2D eigenvalue weighted by molar-refractivity contribution is 5.86. The number of carbonyl (C=O) groups is 1. The molecule has 0 aliphatic rings. The quantitative estimate of drug-likeness (QED) is 0.606. The molecule has 126 valence electrons. The molecule has 2 aromatic carbocycles. The van der Waals surface area contributed by atoms with Crippen LogP contribution >= 0.6 is 0 Å². The fraction of sp³-hybridized carbons (Fsp3) is 0.222. The molecule has 0 bridgehead atoms. The van der Waals surface area contributed by atoms with Gasteiger partial charge in [-0.05, 0) is 61.0 Å². The Bertz CT molecular complexity index is 682. The van der Waals surface area contributed by atoms with E-state index in [2.05, 4.69) is 15.8 Å². The molecule has 6 nitrogen and oxygen atoms in total. The molecule has 1 amide bonds. The molecule has 2 rings (SSSR count). The lowest BCUT2D eigenvalue weighted by atomic mass is 10.2. The molecule has 0 saturated heterocycles. The maximum Gasteiger partial charge on any atom is 0.262 e. The third kappa shape index (κ3) is 5.01. The highest BCUT2D eigenvalue weighted by atomic mass is 16.5. The van der Waals surface area contributed by atoms with Gasteiger partial charge in [-0.3, -0.25) is 4.79 Å². The Kier molecular flexibility index (Phi) is 6.19. The monoisotopic (exact) mass is 327 g/mol. The van der Waals surface area contributed by atoms with Gasteiger partial charge in [-0.25, -0.2) is 5.43 Å². The van der Waals surface area contributed by atoms with Crippen molar-refractivity contribution in [3.8, 4) is 11.5 Å². The van der Waals surface area contributed by atoms with Crippen molar-refractivity contribution in [2.45, 2.75) is 13.0 Å². The third-order valence-electron chi connectivity index (χ3n) is 3.37. The SMILES string of the molecule is COc1ccc(C=NNC(=O)[C@H](C)Nc2ccc(OC)cc2)cc1. The highest BCUT2D eigenvalue weighted by Gasteiger charge is 2.11. The maximum atomic E-state index is 12.0. The first-order valence-corrected chi connectivity index (χ1v) is 7.50. The molecular formula is C18H21N3O3. The summed E-state index contributed by atoms with van der Waals surface area (Å²) in [5.41, 5.74) is 4.21. The number of nitrogens with one attached hydrogen (secondary N) is 2. The Morgan fingerprint density at radius 3 is 2.08 bits per heavy atom. The number of benzene rings is 2. The molecule has 0 aromatic heterocycles. The van der Waals surface area contributed by atoms with Crippen LogP contribution in [0.5, 0.6) is 11.5 Å². The molecule has 0 heterocycles. The number of hydrazone groups is 1. The second-order valence-corrected chi connectivity index (χ2v) is 5.10. The molecule has 2 N–H and O–H groups in total. The van der Waals surface area contributed by atoms with Gasteiger partial charge in [0, 0.05) is 5.69 Å². The fourth-order valence-electron chi connectivity index (χ4n) is 1.96. The van der Waals surface area contributed by atoms with Crippen molar-refractivity contribution in [1.29, 1.82) is 0 Å². The summed E-state index contributed by atoms with van der Waals surface area (Å²) in [6, 6.07) is 14.3. The largest absolute Gasteiger partial charge is 0.497 e. The normalized spacial score (nSPS) is 11.8. The molecule has 0 spiro atoms. The average Bonchev–Trinajstić information content (AvgIpc) is 2.62. The Labute approximate surface area is 141 Å². The van der Waals surface area contributed by atoms with Crippen LogP contribution in [0.4, 0.5) is 5.69 Å². The van der Waals surface area contributed by atoms with E-state index in [0.29, 0.717) is 0 Å². The van der Waals surface area contributed by atoms with E-state index < -0.39 is 6.04 Å². The Balaban J connectivity index is 1.84. The number of hydrogen-bond donors (Lipinski definition) is 2. The predicted molar refractivity (Wildman–Crippen MR) is 94.8 cm³/mol. The van der Waals surface area contributed by atoms with E-state index >= 15 is 0 Å². The number of anilines is 1. The van der Waals surface area contributed by atoms with Gasteiger partial charge in [-0.2, -0.15) is 5.10 Å². The summed E-state index contributed by atoms with van der Waals surface area (Å²) in [7, 11) is 3.22. The number of amides is 1.